The predicted octanol–water partition coefficient (Wildman–Crippen LogP) is 4.92. The predicted molar refractivity (Wildman–Crippen MR) is 144 cm³/mol. The monoisotopic (exact) mass is 529 g/mol. The minimum absolute atomic E-state index is 0.00881. The molecular weight excluding hydrogens is 498 g/mol. The molecule has 0 unspecified atom stereocenters. The number of esters is 2. The summed E-state index contributed by atoms with van der Waals surface area (Å²) in [5.41, 5.74) is 2.98. The topological polar surface area (TPSA) is 99.2 Å². The van der Waals surface area contributed by atoms with Gasteiger partial charge in [0.15, 0.2) is 5.78 Å². The Labute approximate surface area is 227 Å². The van der Waals surface area contributed by atoms with Crippen molar-refractivity contribution in [3.63, 3.8) is 0 Å². The lowest BCUT2D eigenvalue weighted by Gasteiger charge is -2.25. The number of ether oxygens (including phenoxy) is 3. The molecule has 8 heteroatoms. The minimum atomic E-state index is -1.18. The van der Waals surface area contributed by atoms with Crippen molar-refractivity contribution in [2.24, 2.45) is 11.8 Å². The Kier molecular flexibility index (Phi) is 9.10. The van der Waals surface area contributed by atoms with Gasteiger partial charge in [0.05, 0.1) is 20.1 Å². The van der Waals surface area contributed by atoms with Crippen LogP contribution >= 0.6 is 0 Å². The number of hydrogen-bond acceptors (Lipinski definition) is 7. The van der Waals surface area contributed by atoms with E-state index in [0.29, 0.717) is 5.56 Å². The number of rotatable bonds is 9. The molecule has 1 amide bonds. The average Bonchev–Trinajstić information content (AvgIpc) is 3.35. The molecule has 3 aromatic rings. The molecule has 39 heavy (non-hydrogen) atoms. The van der Waals surface area contributed by atoms with E-state index in [1.54, 1.807) is 25.1 Å². The van der Waals surface area contributed by atoms with Crippen molar-refractivity contribution in [3.8, 4) is 11.1 Å². The zero-order chi connectivity index (χ0) is 27.8. The quantitative estimate of drug-likeness (QED) is 0.220. The molecule has 1 fully saturated rings. The first-order valence-electron chi connectivity index (χ1n) is 12.8. The van der Waals surface area contributed by atoms with Crippen molar-refractivity contribution < 1.29 is 33.4 Å². The lowest BCUT2D eigenvalue weighted by atomic mass is 9.82. The number of carbonyl (C=O) groups excluding carboxylic acids is 4. The largest absolute Gasteiger partial charge is 0.469 e. The van der Waals surface area contributed by atoms with Crippen molar-refractivity contribution in [2.45, 2.75) is 26.0 Å². The van der Waals surface area contributed by atoms with Crippen LogP contribution in [0.5, 0.6) is 0 Å². The van der Waals surface area contributed by atoms with E-state index in [0.717, 1.165) is 16.7 Å². The number of amides is 1. The second-order valence-corrected chi connectivity index (χ2v) is 9.25. The lowest BCUT2D eigenvalue weighted by molar-refractivity contribution is -0.150. The number of carbonyl (C=O) groups is 4. The third-order valence-electron chi connectivity index (χ3n) is 6.84. The summed E-state index contributed by atoms with van der Waals surface area (Å²) in [7, 11) is 1.24. The van der Waals surface area contributed by atoms with Crippen LogP contribution in [-0.4, -0.2) is 55.0 Å². The van der Waals surface area contributed by atoms with E-state index in [1.165, 1.54) is 12.0 Å². The van der Waals surface area contributed by atoms with Gasteiger partial charge in [-0.1, -0.05) is 78.9 Å². The molecule has 3 aromatic carbocycles. The number of ketones is 1. The van der Waals surface area contributed by atoms with Crippen LogP contribution in [0.4, 0.5) is 4.79 Å². The van der Waals surface area contributed by atoms with Crippen LogP contribution in [0.3, 0.4) is 0 Å². The number of benzene rings is 3. The number of hydrogen-bond donors (Lipinski definition) is 0. The zero-order valence-electron chi connectivity index (χ0n) is 21.9. The summed E-state index contributed by atoms with van der Waals surface area (Å²) in [6, 6.07) is 24.7. The normalized spacial score (nSPS) is 18.3. The van der Waals surface area contributed by atoms with E-state index >= 15 is 0 Å². The molecule has 0 aliphatic carbocycles. The molecule has 1 heterocycles. The maximum Gasteiger partial charge on any atom is 0.410 e. The van der Waals surface area contributed by atoms with Crippen LogP contribution in [0.15, 0.2) is 84.9 Å². The fraction of sp³-hybridized carbons (Fsp3) is 0.290. The highest BCUT2D eigenvalue weighted by atomic mass is 16.6. The molecule has 1 aliphatic heterocycles. The van der Waals surface area contributed by atoms with Crippen LogP contribution in [0, 0.1) is 11.8 Å². The zero-order valence-corrected chi connectivity index (χ0v) is 21.9. The average molecular weight is 530 g/mol. The fourth-order valence-electron chi connectivity index (χ4n) is 4.94. The van der Waals surface area contributed by atoms with Gasteiger partial charge >= 0.3 is 18.0 Å². The van der Waals surface area contributed by atoms with Gasteiger partial charge < -0.3 is 14.2 Å². The first-order chi connectivity index (χ1) is 18.9. The van der Waals surface area contributed by atoms with Gasteiger partial charge in [-0.15, -0.1) is 0 Å². The van der Waals surface area contributed by atoms with Crippen molar-refractivity contribution in [1.29, 1.82) is 0 Å². The summed E-state index contributed by atoms with van der Waals surface area (Å²) in [6.07, 6.45) is -1.00. The Balaban J connectivity index is 1.65. The Bertz CT molecular complexity index is 1310. The van der Waals surface area contributed by atoms with Gasteiger partial charge in [0, 0.05) is 23.9 Å². The molecule has 1 saturated heterocycles. The highest BCUT2D eigenvalue weighted by Gasteiger charge is 2.52. The summed E-state index contributed by atoms with van der Waals surface area (Å²) in [4.78, 5) is 53.9. The third kappa shape index (κ3) is 6.52. The summed E-state index contributed by atoms with van der Waals surface area (Å²) >= 11 is 0. The Morgan fingerprint density at radius 1 is 0.846 bits per heavy atom. The Hall–Kier alpha value is -4.46. The minimum Gasteiger partial charge on any atom is -0.469 e. The smallest absolute Gasteiger partial charge is 0.410 e. The second-order valence-electron chi connectivity index (χ2n) is 9.25. The maximum absolute atomic E-state index is 13.9. The van der Waals surface area contributed by atoms with Crippen LogP contribution in [0.25, 0.3) is 11.1 Å². The standard InChI is InChI=1S/C31H31NO7/c1-3-38-30(35)28-25(18-27(33)37-2)26(19-32(28)31(36)39-20-21-11-6-4-7-12-21)29(34)24-16-10-15-23(17-24)22-13-8-5-9-14-22/h4-17,25-26,28H,3,18-20H2,1-2H3/t25-,26-,28-/m0/s1. The molecule has 0 radical (unpaired) electrons. The Morgan fingerprint density at radius 2 is 1.51 bits per heavy atom. The van der Waals surface area contributed by atoms with Crippen molar-refractivity contribution in [3.05, 3.63) is 96.1 Å². The van der Waals surface area contributed by atoms with Gasteiger partial charge in [0.25, 0.3) is 0 Å². The van der Waals surface area contributed by atoms with Crippen LogP contribution in [0.1, 0.15) is 29.3 Å². The van der Waals surface area contributed by atoms with E-state index in [2.05, 4.69) is 0 Å². The fourth-order valence-corrected chi connectivity index (χ4v) is 4.94. The molecule has 0 aromatic heterocycles. The molecular formula is C31H31NO7. The molecule has 8 nitrogen and oxygen atoms in total. The molecule has 0 saturated carbocycles. The van der Waals surface area contributed by atoms with Gasteiger partial charge in [-0.25, -0.2) is 9.59 Å². The van der Waals surface area contributed by atoms with Crippen molar-refractivity contribution >= 4 is 23.8 Å². The highest BCUT2D eigenvalue weighted by molar-refractivity contribution is 6.01. The van der Waals surface area contributed by atoms with E-state index < -0.39 is 35.9 Å². The maximum atomic E-state index is 13.9. The molecule has 3 atom stereocenters. The molecule has 202 valence electrons. The number of nitrogens with zero attached hydrogens (tertiary/aromatic N) is 1. The Morgan fingerprint density at radius 3 is 2.18 bits per heavy atom. The van der Waals surface area contributed by atoms with Crippen LogP contribution in [0.2, 0.25) is 0 Å². The van der Waals surface area contributed by atoms with E-state index in [-0.39, 0.29) is 32.0 Å². The second kappa shape index (κ2) is 12.9. The third-order valence-corrected chi connectivity index (χ3v) is 6.84. The van der Waals surface area contributed by atoms with Crippen molar-refractivity contribution in [2.75, 3.05) is 20.3 Å². The summed E-state index contributed by atoms with van der Waals surface area (Å²) < 4.78 is 15.7. The number of likely N-dealkylation sites (tertiary alicyclic amines) is 1. The summed E-state index contributed by atoms with van der Waals surface area (Å²) in [6.45, 7) is 1.61. The summed E-state index contributed by atoms with van der Waals surface area (Å²) in [5, 5.41) is 0. The van der Waals surface area contributed by atoms with Gasteiger partial charge in [0.2, 0.25) is 0 Å². The molecule has 1 aliphatic rings. The van der Waals surface area contributed by atoms with Gasteiger partial charge in [-0.3, -0.25) is 14.5 Å². The van der Waals surface area contributed by atoms with Crippen LogP contribution < -0.4 is 0 Å². The molecule has 0 spiro atoms. The van der Waals surface area contributed by atoms with E-state index in [1.807, 2.05) is 66.7 Å². The SMILES string of the molecule is CCOC(=O)[C@@H]1[C@@H](CC(=O)OC)[C@@H](C(=O)c2cccc(-c3ccccc3)c2)CN1C(=O)OCc1ccccc1. The van der Waals surface area contributed by atoms with Gasteiger partial charge in [0.1, 0.15) is 12.6 Å². The highest BCUT2D eigenvalue weighted by Crippen LogP contribution is 2.37. The molecule has 4 rings (SSSR count). The number of methoxy groups -OCH3 is 1. The lowest BCUT2D eigenvalue weighted by Crippen LogP contribution is -2.45. The summed E-state index contributed by atoms with van der Waals surface area (Å²) in [5.74, 6) is -3.28. The number of Topliss-reactive ketones (excluding diaryl/α,β-unsaturated/α-hetero) is 1. The van der Waals surface area contributed by atoms with Gasteiger partial charge in [-0.2, -0.15) is 0 Å². The first-order valence-corrected chi connectivity index (χ1v) is 12.8. The van der Waals surface area contributed by atoms with E-state index in [4.69, 9.17) is 14.2 Å². The van der Waals surface area contributed by atoms with Crippen molar-refractivity contribution in [1.82, 2.24) is 4.90 Å². The molecule has 0 N–H and O–H groups in total. The van der Waals surface area contributed by atoms with E-state index in [9.17, 15) is 19.2 Å². The van der Waals surface area contributed by atoms with Crippen LogP contribution in [-0.2, 0) is 30.4 Å². The van der Waals surface area contributed by atoms with Gasteiger partial charge in [-0.05, 0) is 29.7 Å². The first kappa shape index (κ1) is 27.6. The molecule has 0 bridgehead atoms.